The zero-order valence-electron chi connectivity index (χ0n) is 14.7. The lowest BCUT2D eigenvalue weighted by molar-refractivity contribution is -0.144. The van der Waals surface area contributed by atoms with Crippen LogP contribution in [0.25, 0.3) is 22.6 Å². The van der Waals surface area contributed by atoms with Crippen LogP contribution < -0.4 is 0 Å². The van der Waals surface area contributed by atoms with Crippen molar-refractivity contribution in [2.24, 2.45) is 0 Å². The van der Waals surface area contributed by atoms with Crippen molar-refractivity contribution in [3.63, 3.8) is 0 Å². The molecule has 4 rings (SSSR count). The van der Waals surface area contributed by atoms with Gasteiger partial charge in [0, 0.05) is 5.39 Å². The number of furan rings is 1. The fourth-order valence-corrected chi connectivity index (χ4v) is 3.31. The van der Waals surface area contributed by atoms with Crippen LogP contribution in [0, 0.1) is 0 Å². The molecule has 0 N–H and O–H groups in total. The highest BCUT2D eigenvalue weighted by Gasteiger charge is 2.28. The summed E-state index contributed by atoms with van der Waals surface area (Å²) in [6.07, 6.45) is 4.97. The number of nitrogens with zero attached hydrogens (tertiary/aromatic N) is 1. The Kier molecular flexibility index (Phi) is 4.46. The molecule has 6 heteroatoms. The van der Waals surface area contributed by atoms with Crippen molar-refractivity contribution in [1.82, 2.24) is 4.98 Å². The van der Waals surface area contributed by atoms with Crippen LogP contribution in [0.5, 0.6) is 0 Å². The summed E-state index contributed by atoms with van der Waals surface area (Å²) in [7, 11) is 1.25. The van der Waals surface area contributed by atoms with Crippen LogP contribution in [0.1, 0.15) is 33.8 Å². The van der Waals surface area contributed by atoms with Crippen molar-refractivity contribution < 1.29 is 23.5 Å². The molecule has 0 amide bonds. The molecule has 2 aromatic heterocycles. The van der Waals surface area contributed by atoms with Gasteiger partial charge in [0.1, 0.15) is 5.76 Å². The molecule has 27 heavy (non-hydrogen) atoms. The molecule has 3 aromatic rings. The molecule has 0 unspecified atom stereocenters. The SMILES string of the molecule is COC(=O)COC(=O)c1c2c(nc3ccccc13)/C(=C/c1ccco1)CC2. The Hall–Kier alpha value is -3.41. The van der Waals surface area contributed by atoms with Gasteiger partial charge in [-0.05, 0) is 48.3 Å². The molecule has 2 heterocycles. The van der Waals surface area contributed by atoms with Crippen molar-refractivity contribution in [3.05, 3.63) is 65.2 Å². The number of carbonyl (C=O) groups excluding carboxylic acids is 2. The Balaban J connectivity index is 1.81. The van der Waals surface area contributed by atoms with Crippen LogP contribution in [0.15, 0.2) is 47.1 Å². The highest BCUT2D eigenvalue weighted by Crippen LogP contribution is 2.37. The third-order valence-corrected chi connectivity index (χ3v) is 4.55. The van der Waals surface area contributed by atoms with E-state index < -0.39 is 18.5 Å². The van der Waals surface area contributed by atoms with Crippen molar-refractivity contribution in [3.8, 4) is 0 Å². The van der Waals surface area contributed by atoms with E-state index in [4.69, 9.17) is 14.1 Å². The molecule has 136 valence electrons. The summed E-state index contributed by atoms with van der Waals surface area (Å²) in [6, 6.07) is 11.1. The Morgan fingerprint density at radius 3 is 2.81 bits per heavy atom. The summed E-state index contributed by atoms with van der Waals surface area (Å²) < 4.78 is 15.1. The number of benzene rings is 1. The summed E-state index contributed by atoms with van der Waals surface area (Å²) in [4.78, 5) is 28.9. The third kappa shape index (κ3) is 3.21. The lowest BCUT2D eigenvalue weighted by Crippen LogP contribution is -2.17. The van der Waals surface area contributed by atoms with E-state index in [0.717, 1.165) is 29.0 Å². The van der Waals surface area contributed by atoms with Crippen LogP contribution in [0.3, 0.4) is 0 Å². The number of pyridine rings is 1. The van der Waals surface area contributed by atoms with Gasteiger partial charge < -0.3 is 13.9 Å². The van der Waals surface area contributed by atoms with Crippen LogP contribution in [0.2, 0.25) is 0 Å². The maximum atomic E-state index is 12.8. The van der Waals surface area contributed by atoms with Gasteiger partial charge in [0.2, 0.25) is 0 Å². The number of para-hydroxylation sites is 1. The second-order valence-electron chi connectivity index (χ2n) is 6.17. The molecule has 6 nitrogen and oxygen atoms in total. The number of hydrogen-bond acceptors (Lipinski definition) is 6. The van der Waals surface area contributed by atoms with Gasteiger partial charge in [-0.25, -0.2) is 14.6 Å². The maximum absolute atomic E-state index is 12.8. The Labute approximate surface area is 155 Å². The lowest BCUT2D eigenvalue weighted by atomic mass is 10.0. The number of aromatic nitrogens is 1. The van der Waals surface area contributed by atoms with Gasteiger partial charge in [-0.2, -0.15) is 0 Å². The molecule has 0 spiro atoms. The van der Waals surface area contributed by atoms with E-state index in [2.05, 4.69) is 4.74 Å². The number of fused-ring (bicyclic) bond motifs is 2. The summed E-state index contributed by atoms with van der Waals surface area (Å²) in [6.45, 7) is -0.421. The quantitative estimate of drug-likeness (QED) is 0.659. The molecule has 1 aromatic carbocycles. The predicted octanol–water partition coefficient (Wildman–Crippen LogP) is 3.64. The monoisotopic (exact) mass is 363 g/mol. The van der Waals surface area contributed by atoms with Crippen molar-refractivity contribution in [2.45, 2.75) is 12.8 Å². The normalized spacial score (nSPS) is 14.3. The highest BCUT2D eigenvalue weighted by atomic mass is 16.6. The lowest BCUT2D eigenvalue weighted by Gasteiger charge is -2.12. The molecule has 0 aliphatic heterocycles. The zero-order valence-corrected chi connectivity index (χ0v) is 14.7. The first kappa shape index (κ1) is 17.0. The minimum Gasteiger partial charge on any atom is -0.466 e. The van der Waals surface area contributed by atoms with Gasteiger partial charge in [-0.3, -0.25) is 0 Å². The van der Waals surface area contributed by atoms with Crippen LogP contribution in [-0.2, 0) is 20.7 Å². The minimum absolute atomic E-state index is 0.421. The van der Waals surface area contributed by atoms with Gasteiger partial charge in [0.15, 0.2) is 6.61 Å². The van der Waals surface area contributed by atoms with E-state index in [1.165, 1.54) is 7.11 Å². The summed E-state index contributed by atoms with van der Waals surface area (Å²) in [5, 5.41) is 0.713. The Morgan fingerprint density at radius 2 is 2.04 bits per heavy atom. The number of esters is 2. The minimum atomic E-state index is -0.600. The first-order chi connectivity index (χ1) is 13.2. The van der Waals surface area contributed by atoms with Crippen LogP contribution >= 0.6 is 0 Å². The first-order valence-corrected chi connectivity index (χ1v) is 8.57. The number of methoxy groups -OCH3 is 1. The summed E-state index contributed by atoms with van der Waals surface area (Å²) >= 11 is 0. The second-order valence-corrected chi connectivity index (χ2v) is 6.17. The standard InChI is InChI=1S/C21H17NO5/c1-25-18(23)12-27-21(24)19-15-6-2-3-7-17(15)22-20-13(8-9-16(19)20)11-14-5-4-10-26-14/h2-7,10-11H,8-9,12H2,1H3/b13-11+. The molecule has 1 aliphatic carbocycles. The molecular formula is C21H17NO5. The number of carbonyl (C=O) groups is 2. The zero-order chi connectivity index (χ0) is 18.8. The fourth-order valence-electron chi connectivity index (χ4n) is 3.31. The van der Waals surface area contributed by atoms with Gasteiger partial charge in [0.25, 0.3) is 0 Å². The van der Waals surface area contributed by atoms with E-state index in [-0.39, 0.29) is 0 Å². The van der Waals surface area contributed by atoms with Gasteiger partial charge >= 0.3 is 11.9 Å². The molecule has 0 saturated heterocycles. The van der Waals surface area contributed by atoms with E-state index in [1.807, 2.05) is 42.5 Å². The number of allylic oxidation sites excluding steroid dienone is 1. The maximum Gasteiger partial charge on any atom is 0.344 e. The summed E-state index contributed by atoms with van der Waals surface area (Å²) in [5.74, 6) is -0.408. The highest BCUT2D eigenvalue weighted by molar-refractivity contribution is 6.07. The molecular weight excluding hydrogens is 346 g/mol. The fraction of sp³-hybridized carbons (Fsp3) is 0.190. The van der Waals surface area contributed by atoms with E-state index >= 15 is 0 Å². The van der Waals surface area contributed by atoms with Crippen LogP contribution in [-0.4, -0.2) is 30.6 Å². The first-order valence-electron chi connectivity index (χ1n) is 8.57. The van der Waals surface area contributed by atoms with Crippen LogP contribution in [0.4, 0.5) is 0 Å². The Bertz CT molecular complexity index is 1050. The largest absolute Gasteiger partial charge is 0.466 e. The average molecular weight is 363 g/mol. The third-order valence-electron chi connectivity index (χ3n) is 4.55. The topological polar surface area (TPSA) is 78.6 Å². The van der Waals surface area contributed by atoms with Gasteiger partial charge in [0.05, 0.1) is 30.1 Å². The van der Waals surface area contributed by atoms with E-state index in [0.29, 0.717) is 22.9 Å². The van der Waals surface area contributed by atoms with Crippen molar-refractivity contribution in [1.29, 1.82) is 0 Å². The number of ether oxygens (including phenoxy) is 2. The van der Waals surface area contributed by atoms with E-state index in [1.54, 1.807) is 6.26 Å². The molecule has 0 atom stereocenters. The second kappa shape index (κ2) is 7.07. The van der Waals surface area contributed by atoms with Crippen molar-refractivity contribution >= 4 is 34.5 Å². The van der Waals surface area contributed by atoms with Gasteiger partial charge in [-0.15, -0.1) is 0 Å². The van der Waals surface area contributed by atoms with E-state index in [9.17, 15) is 9.59 Å². The molecule has 0 radical (unpaired) electrons. The predicted molar refractivity (Wildman–Crippen MR) is 98.9 cm³/mol. The average Bonchev–Trinajstić information content (AvgIpc) is 3.34. The molecule has 0 bridgehead atoms. The smallest absolute Gasteiger partial charge is 0.344 e. The van der Waals surface area contributed by atoms with Gasteiger partial charge in [-0.1, -0.05) is 18.2 Å². The molecule has 1 aliphatic rings. The summed E-state index contributed by atoms with van der Waals surface area (Å²) in [5.41, 5.74) is 3.78. The molecule has 0 fully saturated rings. The number of hydrogen-bond donors (Lipinski definition) is 0. The Morgan fingerprint density at radius 1 is 1.19 bits per heavy atom. The van der Waals surface area contributed by atoms with Crippen molar-refractivity contribution in [2.75, 3.05) is 13.7 Å². The molecule has 0 saturated carbocycles. The number of rotatable bonds is 4.